The van der Waals surface area contributed by atoms with Gasteiger partial charge in [0.2, 0.25) is 5.91 Å². The third-order valence-electron chi connectivity index (χ3n) is 8.49. The van der Waals surface area contributed by atoms with Crippen molar-refractivity contribution >= 4 is 11.6 Å². The minimum Gasteiger partial charge on any atom is -0.338 e. The van der Waals surface area contributed by atoms with E-state index in [1.807, 2.05) is 24.4 Å². The van der Waals surface area contributed by atoms with Crippen molar-refractivity contribution in [3.05, 3.63) is 100 Å². The Morgan fingerprint density at radius 1 is 0.947 bits per heavy atom. The highest BCUT2D eigenvalue weighted by Gasteiger charge is 2.32. The molecule has 38 heavy (non-hydrogen) atoms. The van der Waals surface area contributed by atoms with E-state index in [4.69, 9.17) is 9.98 Å². The number of hydrogen-bond acceptors (Lipinski definition) is 4. The molecular weight excluding hydrogens is 468 g/mol. The number of benzene rings is 2. The quantitative estimate of drug-likeness (QED) is 0.439. The van der Waals surface area contributed by atoms with Crippen LogP contribution in [0.15, 0.2) is 83.0 Å². The first kappa shape index (κ1) is 24.7. The number of pyridine rings is 1. The average molecular weight is 505 g/mol. The summed E-state index contributed by atoms with van der Waals surface area (Å²) < 4.78 is 0. The van der Waals surface area contributed by atoms with E-state index in [1.165, 1.54) is 27.8 Å². The molecule has 6 rings (SSSR count). The van der Waals surface area contributed by atoms with Gasteiger partial charge in [-0.3, -0.25) is 19.7 Å². The van der Waals surface area contributed by atoms with Crippen molar-refractivity contribution in [3.63, 3.8) is 0 Å². The molecule has 0 saturated carbocycles. The summed E-state index contributed by atoms with van der Waals surface area (Å²) in [6.07, 6.45) is 4.60. The van der Waals surface area contributed by atoms with E-state index in [0.29, 0.717) is 24.8 Å². The first-order chi connectivity index (χ1) is 18.5. The number of likely N-dealkylation sites (tertiary alicyclic amines) is 1. The van der Waals surface area contributed by atoms with E-state index in [2.05, 4.69) is 66.1 Å². The number of nitrogens with zero attached hydrogens (tertiary/aromatic N) is 4. The lowest BCUT2D eigenvalue weighted by molar-refractivity contribution is -0.131. The molecule has 0 unspecified atom stereocenters. The normalized spacial score (nSPS) is 19.6. The SMILES string of the molecule is Cc1cccc(C)c1CN1CC[C@@H](CC(=O)N2CCC3=C(C2)C(c2ccc(-c4ccccc4)nc2)=NC3)C1. The van der Waals surface area contributed by atoms with Gasteiger partial charge >= 0.3 is 0 Å². The first-order valence-electron chi connectivity index (χ1n) is 13.9. The Bertz CT molecular complexity index is 1370. The van der Waals surface area contributed by atoms with E-state index >= 15 is 0 Å². The van der Waals surface area contributed by atoms with Gasteiger partial charge in [-0.25, -0.2) is 0 Å². The van der Waals surface area contributed by atoms with Crippen molar-refractivity contribution < 1.29 is 4.79 Å². The van der Waals surface area contributed by atoms with Crippen molar-refractivity contribution in [2.24, 2.45) is 10.9 Å². The van der Waals surface area contributed by atoms with Gasteiger partial charge in [-0.05, 0) is 79.1 Å². The van der Waals surface area contributed by atoms with Gasteiger partial charge in [0.05, 0.1) is 18.0 Å². The fourth-order valence-electron chi connectivity index (χ4n) is 6.20. The fourth-order valence-corrected chi connectivity index (χ4v) is 6.20. The number of carbonyl (C=O) groups excluding carboxylic acids is 1. The van der Waals surface area contributed by atoms with Crippen LogP contribution in [0.4, 0.5) is 0 Å². The van der Waals surface area contributed by atoms with Gasteiger partial charge in [0, 0.05) is 49.9 Å². The summed E-state index contributed by atoms with van der Waals surface area (Å²) in [6.45, 7) is 9.71. The molecular formula is C33H36N4O. The first-order valence-corrected chi connectivity index (χ1v) is 13.9. The second-order valence-corrected chi connectivity index (χ2v) is 11.1. The van der Waals surface area contributed by atoms with Crippen LogP contribution in [0.25, 0.3) is 11.3 Å². The minimum absolute atomic E-state index is 0.291. The molecule has 3 aliphatic heterocycles. The summed E-state index contributed by atoms with van der Waals surface area (Å²) in [5.74, 6) is 0.730. The number of carbonyl (C=O) groups is 1. The van der Waals surface area contributed by atoms with E-state index in [0.717, 1.165) is 68.1 Å². The van der Waals surface area contributed by atoms with E-state index < -0.39 is 0 Å². The molecule has 194 valence electrons. The maximum absolute atomic E-state index is 13.4. The van der Waals surface area contributed by atoms with Gasteiger partial charge in [-0.1, -0.05) is 48.5 Å². The van der Waals surface area contributed by atoms with E-state index in [1.54, 1.807) is 0 Å². The molecule has 0 bridgehead atoms. The third-order valence-corrected chi connectivity index (χ3v) is 8.49. The Balaban J connectivity index is 1.07. The van der Waals surface area contributed by atoms with Crippen LogP contribution in [-0.2, 0) is 11.3 Å². The molecule has 2 aromatic carbocycles. The molecule has 1 saturated heterocycles. The highest BCUT2D eigenvalue weighted by molar-refractivity contribution is 6.15. The number of rotatable bonds is 6. The second kappa shape index (κ2) is 10.7. The summed E-state index contributed by atoms with van der Waals surface area (Å²) in [5, 5.41) is 0. The highest BCUT2D eigenvalue weighted by atomic mass is 16.2. The number of amides is 1. The van der Waals surface area contributed by atoms with Gasteiger partial charge < -0.3 is 4.90 Å². The topological polar surface area (TPSA) is 48.8 Å². The highest BCUT2D eigenvalue weighted by Crippen LogP contribution is 2.30. The summed E-state index contributed by atoms with van der Waals surface area (Å²) >= 11 is 0. The molecule has 0 radical (unpaired) electrons. The largest absolute Gasteiger partial charge is 0.338 e. The van der Waals surface area contributed by atoms with E-state index in [-0.39, 0.29) is 0 Å². The molecule has 3 aromatic rings. The summed E-state index contributed by atoms with van der Waals surface area (Å²) in [5.41, 5.74) is 10.9. The number of aryl methyl sites for hydroxylation is 2. The summed E-state index contributed by atoms with van der Waals surface area (Å²) in [4.78, 5) is 27.6. The zero-order chi connectivity index (χ0) is 26.1. The van der Waals surface area contributed by atoms with Crippen LogP contribution >= 0.6 is 0 Å². The van der Waals surface area contributed by atoms with Crippen LogP contribution in [0, 0.1) is 19.8 Å². The lowest BCUT2D eigenvalue weighted by atomic mass is 9.94. The fraction of sp³-hybridized carbons (Fsp3) is 0.364. The molecule has 1 amide bonds. The van der Waals surface area contributed by atoms with Crippen LogP contribution in [-0.4, -0.2) is 59.1 Å². The second-order valence-electron chi connectivity index (χ2n) is 11.1. The number of hydrogen-bond donors (Lipinski definition) is 0. The maximum atomic E-state index is 13.4. The lowest BCUT2D eigenvalue weighted by Crippen LogP contribution is -2.39. The Hall–Kier alpha value is -3.57. The molecule has 0 N–H and O–H groups in total. The molecule has 1 fully saturated rings. The Morgan fingerprint density at radius 3 is 2.53 bits per heavy atom. The molecule has 4 heterocycles. The van der Waals surface area contributed by atoms with Crippen LogP contribution in [0.5, 0.6) is 0 Å². The Labute approximate surface area is 225 Å². The van der Waals surface area contributed by atoms with Crippen LogP contribution in [0.1, 0.15) is 41.5 Å². The number of aliphatic imine (C=N–C) groups is 1. The van der Waals surface area contributed by atoms with Crippen molar-refractivity contribution in [1.82, 2.24) is 14.8 Å². The summed E-state index contributed by atoms with van der Waals surface area (Å²) in [6, 6.07) is 21.0. The molecule has 1 atom stereocenters. The Morgan fingerprint density at radius 2 is 1.76 bits per heavy atom. The van der Waals surface area contributed by atoms with Gasteiger partial charge in [-0.2, -0.15) is 0 Å². The summed E-state index contributed by atoms with van der Waals surface area (Å²) in [7, 11) is 0. The van der Waals surface area contributed by atoms with Gasteiger partial charge in [0.1, 0.15) is 0 Å². The Kier molecular flexibility index (Phi) is 6.94. The smallest absolute Gasteiger partial charge is 0.223 e. The minimum atomic E-state index is 0.291. The van der Waals surface area contributed by atoms with Crippen LogP contribution < -0.4 is 0 Å². The van der Waals surface area contributed by atoms with Crippen molar-refractivity contribution in [2.75, 3.05) is 32.7 Å². The maximum Gasteiger partial charge on any atom is 0.223 e. The standard InChI is InChI=1S/C33H36N4O/c1-23-7-6-8-24(2)29(23)21-36-15-13-25(20-36)17-32(38)37-16-14-27-18-35-33(30(27)22-37)28-11-12-31(34-19-28)26-9-4-3-5-10-26/h3-12,19,25H,13-18,20-22H2,1-2H3/t25-/m0/s1. The monoisotopic (exact) mass is 504 g/mol. The van der Waals surface area contributed by atoms with Crippen molar-refractivity contribution in [3.8, 4) is 11.3 Å². The lowest BCUT2D eigenvalue weighted by Gasteiger charge is -2.30. The third kappa shape index (κ3) is 5.08. The predicted molar refractivity (Wildman–Crippen MR) is 153 cm³/mol. The zero-order valence-corrected chi connectivity index (χ0v) is 22.5. The predicted octanol–water partition coefficient (Wildman–Crippen LogP) is 5.61. The molecule has 5 heteroatoms. The van der Waals surface area contributed by atoms with Gasteiger partial charge in [-0.15, -0.1) is 0 Å². The van der Waals surface area contributed by atoms with Gasteiger partial charge in [0.25, 0.3) is 0 Å². The molecule has 0 spiro atoms. The van der Waals surface area contributed by atoms with Crippen LogP contribution in [0.2, 0.25) is 0 Å². The molecule has 5 nitrogen and oxygen atoms in total. The number of aromatic nitrogens is 1. The molecule has 0 aliphatic carbocycles. The molecule has 3 aliphatic rings. The van der Waals surface area contributed by atoms with Crippen molar-refractivity contribution in [2.45, 2.75) is 39.7 Å². The average Bonchev–Trinajstić information content (AvgIpc) is 3.58. The van der Waals surface area contributed by atoms with E-state index in [9.17, 15) is 4.79 Å². The van der Waals surface area contributed by atoms with Gasteiger partial charge in [0.15, 0.2) is 0 Å². The zero-order valence-electron chi connectivity index (χ0n) is 22.5. The van der Waals surface area contributed by atoms with Crippen LogP contribution in [0.3, 0.4) is 0 Å². The van der Waals surface area contributed by atoms with Crippen molar-refractivity contribution in [1.29, 1.82) is 0 Å². The molecule has 1 aromatic heterocycles.